The summed E-state index contributed by atoms with van der Waals surface area (Å²) in [6.45, 7) is 10.9. The number of nitrogens with one attached hydrogen (secondary N) is 2. The molecule has 0 aromatic heterocycles. The van der Waals surface area contributed by atoms with Crippen molar-refractivity contribution in [2.75, 3.05) is 13.1 Å². The van der Waals surface area contributed by atoms with Crippen LogP contribution in [0.2, 0.25) is 0 Å². The van der Waals surface area contributed by atoms with E-state index in [0.29, 0.717) is 12.8 Å². The molecule has 2 rings (SSSR count). The Morgan fingerprint density at radius 3 is 2.27 bits per heavy atom. The molecule has 1 aromatic carbocycles. The van der Waals surface area contributed by atoms with Crippen molar-refractivity contribution in [1.82, 2.24) is 15.5 Å². The first kappa shape index (κ1) is 26.4. The van der Waals surface area contributed by atoms with Crippen molar-refractivity contribution in [2.24, 2.45) is 5.92 Å². The highest BCUT2D eigenvalue weighted by molar-refractivity contribution is 5.88. The number of amides is 3. The summed E-state index contributed by atoms with van der Waals surface area (Å²) in [6, 6.07) is 8.67. The summed E-state index contributed by atoms with van der Waals surface area (Å²) in [6.07, 6.45) is 5.75. The molecule has 1 aromatic rings. The summed E-state index contributed by atoms with van der Waals surface area (Å²) in [7, 11) is 0. The standard InChI is InChI=1S/C26H39N3O4/c1-19(2)17-22(28-25(32)33-26(3,4)5)24(31)27-21(18-20-11-7-6-8-12-20)13-14-23(30)29-15-9-10-16-29/h6-8,11-14,19,21-22H,9-10,15-18H2,1-5H3,(H,27,31)(H,28,32)/b14-13+/t21-,22+/m1/s1. The Kier molecular flexibility index (Phi) is 9.95. The summed E-state index contributed by atoms with van der Waals surface area (Å²) >= 11 is 0. The van der Waals surface area contributed by atoms with E-state index < -0.39 is 17.7 Å². The van der Waals surface area contributed by atoms with Crippen molar-refractivity contribution >= 4 is 17.9 Å². The molecule has 1 aliphatic heterocycles. The van der Waals surface area contributed by atoms with E-state index in [0.717, 1.165) is 31.5 Å². The maximum Gasteiger partial charge on any atom is 0.408 e. The molecular formula is C26H39N3O4. The smallest absolute Gasteiger partial charge is 0.408 e. The van der Waals surface area contributed by atoms with Gasteiger partial charge in [0.1, 0.15) is 11.6 Å². The minimum atomic E-state index is -0.735. The zero-order valence-corrected chi connectivity index (χ0v) is 20.6. The molecule has 0 bridgehead atoms. The van der Waals surface area contributed by atoms with Crippen molar-refractivity contribution in [2.45, 2.75) is 78.0 Å². The van der Waals surface area contributed by atoms with Crippen LogP contribution >= 0.6 is 0 Å². The van der Waals surface area contributed by atoms with Gasteiger partial charge in [-0.1, -0.05) is 50.3 Å². The van der Waals surface area contributed by atoms with Crippen LogP contribution < -0.4 is 10.6 Å². The molecule has 0 radical (unpaired) electrons. The predicted octanol–water partition coefficient (Wildman–Crippen LogP) is 3.83. The fourth-order valence-electron chi connectivity index (χ4n) is 3.71. The van der Waals surface area contributed by atoms with Crippen molar-refractivity contribution in [3.63, 3.8) is 0 Å². The summed E-state index contributed by atoms with van der Waals surface area (Å²) < 4.78 is 5.34. The maximum absolute atomic E-state index is 13.2. The Morgan fingerprint density at radius 1 is 1.06 bits per heavy atom. The number of rotatable bonds is 9. The fraction of sp³-hybridized carbons (Fsp3) is 0.577. The highest BCUT2D eigenvalue weighted by atomic mass is 16.6. The maximum atomic E-state index is 13.2. The van der Waals surface area contributed by atoms with Gasteiger partial charge < -0.3 is 20.3 Å². The summed E-state index contributed by atoms with van der Waals surface area (Å²) in [5, 5.41) is 5.73. The molecule has 0 unspecified atom stereocenters. The number of nitrogens with zero attached hydrogens (tertiary/aromatic N) is 1. The topological polar surface area (TPSA) is 87.7 Å². The van der Waals surface area contributed by atoms with Gasteiger partial charge in [-0.05, 0) is 57.9 Å². The first-order chi connectivity index (χ1) is 15.5. The molecule has 0 spiro atoms. The normalized spacial score (nSPS) is 16.0. The average molecular weight is 458 g/mol. The van der Waals surface area contributed by atoms with Gasteiger partial charge in [0.15, 0.2) is 0 Å². The fourth-order valence-corrected chi connectivity index (χ4v) is 3.71. The summed E-state index contributed by atoms with van der Waals surface area (Å²) in [4.78, 5) is 39.8. The van der Waals surface area contributed by atoms with Gasteiger partial charge in [0.05, 0.1) is 6.04 Å². The van der Waals surface area contributed by atoms with Crippen LogP contribution in [0.4, 0.5) is 4.79 Å². The number of carbonyl (C=O) groups excluding carboxylic acids is 3. The number of benzene rings is 1. The quantitative estimate of drug-likeness (QED) is 0.552. The second-order valence-corrected chi connectivity index (χ2v) is 10.0. The van der Waals surface area contributed by atoms with E-state index in [2.05, 4.69) is 10.6 Å². The zero-order valence-electron chi connectivity index (χ0n) is 20.6. The summed E-state index contributed by atoms with van der Waals surface area (Å²) in [5.74, 6) is -0.144. The van der Waals surface area contributed by atoms with Crippen LogP contribution in [-0.2, 0) is 20.7 Å². The van der Waals surface area contributed by atoms with Gasteiger partial charge >= 0.3 is 6.09 Å². The average Bonchev–Trinajstić information content (AvgIpc) is 3.25. The Morgan fingerprint density at radius 2 is 1.70 bits per heavy atom. The Bertz CT molecular complexity index is 809. The number of hydrogen-bond donors (Lipinski definition) is 2. The first-order valence-electron chi connectivity index (χ1n) is 11.8. The van der Waals surface area contributed by atoms with Gasteiger partial charge in [-0.15, -0.1) is 0 Å². The highest BCUT2D eigenvalue weighted by Gasteiger charge is 2.26. The summed E-state index contributed by atoms with van der Waals surface area (Å²) in [5.41, 5.74) is 0.388. The van der Waals surface area contributed by atoms with Crippen molar-refractivity contribution < 1.29 is 19.1 Å². The van der Waals surface area contributed by atoms with E-state index >= 15 is 0 Å². The van der Waals surface area contributed by atoms with Gasteiger partial charge in [0.25, 0.3) is 0 Å². The van der Waals surface area contributed by atoms with Gasteiger partial charge in [-0.25, -0.2) is 4.79 Å². The van der Waals surface area contributed by atoms with Gasteiger partial charge in [-0.3, -0.25) is 9.59 Å². The van der Waals surface area contributed by atoms with Crippen LogP contribution in [0, 0.1) is 5.92 Å². The molecule has 1 aliphatic rings. The van der Waals surface area contributed by atoms with Crippen LogP contribution in [0.3, 0.4) is 0 Å². The molecule has 182 valence electrons. The van der Waals surface area contributed by atoms with Crippen molar-refractivity contribution in [3.8, 4) is 0 Å². The molecule has 2 N–H and O–H groups in total. The number of carbonyl (C=O) groups is 3. The highest BCUT2D eigenvalue weighted by Crippen LogP contribution is 2.12. The van der Waals surface area contributed by atoms with Crippen molar-refractivity contribution in [3.05, 3.63) is 48.0 Å². The molecule has 2 atom stereocenters. The minimum Gasteiger partial charge on any atom is -0.444 e. The Balaban J connectivity index is 2.13. The lowest BCUT2D eigenvalue weighted by Crippen LogP contribution is -2.51. The third-order valence-electron chi connectivity index (χ3n) is 5.23. The lowest BCUT2D eigenvalue weighted by Gasteiger charge is -2.25. The lowest BCUT2D eigenvalue weighted by molar-refractivity contribution is -0.125. The van der Waals surface area contributed by atoms with Crippen LogP contribution in [0.5, 0.6) is 0 Å². The molecule has 0 aliphatic carbocycles. The lowest BCUT2D eigenvalue weighted by atomic mass is 10.0. The van der Waals surface area contributed by atoms with Crippen LogP contribution in [0.1, 0.15) is 59.4 Å². The van der Waals surface area contributed by atoms with E-state index in [-0.39, 0.29) is 23.8 Å². The molecule has 7 nitrogen and oxygen atoms in total. The Labute approximate surface area is 197 Å². The second-order valence-electron chi connectivity index (χ2n) is 10.0. The number of ether oxygens (including phenoxy) is 1. The van der Waals surface area contributed by atoms with Gasteiger partial charge in [0.2, 0.25) is 11.8 Å². The van der Waals surface area contributed by atoms with E-state index in [1.165, 1.54) is 0 Å². The molecule has 3 amide bonds. The van der Waals surface area contributed by atoms with E-state index in [1.807, 2.05) is 49.1 Å². The SMILES string of the molecule is CC(C)C[C@H](NC(=O)OC(C)(C)C)C(=O)N[C@H](/C=C/C(=O)N1CCCC1)Cc1ccccc1. The van der Waals surface area contributed by atoms with Crippen molar-refractivity contribution in [1.29, 1.82) is 0 Å². The zero-order chi connectivity index (χ0) is 24.4. The van der Waals surface area contributed by atoms with Crippen LogP contribution in [0.25, 0.3) is 0 Å². The molecule has 7 heteroatoms. The molecular weight excluding hydrogens is 418 g/mol. The van der Waals surface area contributed by atoms with Gasteiger partial charge in [-0.2, -0.15) is 0 Å². The molecule has 1 fully saturated rings. The predicted molar refractivity (Wildman–Crippen MR) is 130 cm³/mol. The number of alkyl carbamates (subject to hydrolysis) is 1. The minimum absolute atomic E-state index is 0.0366. The van der Waals surface area contributed by atoms with E-state index in [4.69, 9.17) is 4.74 Å². The number of likely N-dealkylation sites (tertiary alicyclic amines) is 1. The van der Waals surface area contributed by atoms with Crippen LogP contribution in [-0.4, -0.2) is 53.6 Å². The third kappa shape index (κ3) is 10.1. The van der Waals surface area contributed by atoms with E-state index in [1.54, 1.807) is 32.9 Å². The first-order valence-corrected chi connectivity index (χ1v) is 11.8. The second kappa shape index (κ2) is 12.4. The Hall–Kier alpha value is -2.83. The van der Waals surface area contributed by atoms with Crippen LogP contribution in [0.15, 0.2) is 42.5 Å². The van der Waals surface area contributed by atoms with Gasteiger partial charge in [0, 0.05) is 19.2 Å². The third-order valence-corrected chi connectivity index (χ3v) is 5.23. The largest absolute Gasteiger partial charge is 0.444 e. The molecule has 0 saturated carbocycles. The molecule has 33 heavy (non-hydrogen) atoms. The van der Waals surface area contributed by atoms with E-state index in [9.17, 15) is 14.4 Å². The number of hydrogen-bond acceptors (Lipinski definition) is 4. The molecule has 1 saturated heterocycles. The molecule has 1 heterocycles. The monoisotopic (exact) mass is 457 g/mol.